The van der Waals surface area contributed by atoms with Crippen molar-refractivity contribution in [1.29, 1.82) is 0 Å². The van der Waals surface area contributed by atoms with Gasteiger partial charge in [0.05, 0.1) is 12.9 Å². The zero-order chi connectivity index (χ0) is 14.3. The summed E-state index contributed by atoms with van der Waals surface area (Å²) in [6.07, 6.45) is 0.648. The van der Waals surface area contributed by atoms with Gasteiger partial charge in [0.15, 0.2) is 0 Å². The summed E-state index contributed by atoms with van der Waals surface area (Å²) in [5.41, 5.74) is 1.86. The van der Waals surface area contributed by atoms with Gasteiger partial charge >= 0.3 is 5.97 Å². The van der Waals surface area contributed by atoms with Crippen LogP contribution in [-0.2, 0) is 14.3 Å². The topological polar surface area (TPSA) is 55.4 Å². The fourth-order valence-electron chi connectivity index (χ4n) is 1.58. The third-order valence-electron chi connectivity index (χ3n) is 2.55. The third kappa shape index (κ3) is 5.34. The lowest BCUT2D eigenvalue weighted by Gasteiger charge is -2.12. The number of rotatable bonds is 6. The molecule has 0 aliphatic heterocycles. The Kier molecular flexibility index (Phi) is 6.42. The second-order valence-corrected chi connectivity index (χ2v) is 5.34. The molecular formula is C14H19NO3S. The van der Waals surface area contributed by atoms with Crippen molar-refractivity contribution in [2.75, 3.05) is 18.2 Å². The molecule has 0 saturated heterocycles. The van der Waals surface area contributed by atoms with E-state index in [4.69, 9.17) is 0 Å². The zero-order valence-corrected chi connectivity index (χ0v) is 12.3. The quantitative estimate of drug-likeness (QED) is 0.814. The van der Waals surface area contributed by atoms with Crippen LogP contribution in [0, 0.1) is 6.92 Å². The lowest BCUT2D eigenvalue weighted by Crippen LogP contribution is -2.22. The summed E-state index contributed by atoms with van der Waals surface area (Å²) in [5, 5.41) is 2.52. The van der Waals surface area contributed by atoms with Crippen LogP contribution in [0.1, 0.15) is 18.9 Å². The Morgan fingerprint density at radius 3 is 2.74 bits per heavy atom. The molecule has 0 aliphatic rings. The highest BCUT2D eigenvalue weighted by Crippen LogP contribution is 2.17. The molecule has 0 radical (unpaired) electrons. The first-order valence-corrected chi connectivity index (χ1v) is 7.17. The smallest absolute Gasteiger partial charge is 0.318 e. The molecule has 0 bridgehead atoms. The van der Waals surface area contributed by atoms with Crippen LogP contribution in [-0.4, -0.2) is 30.0 Å². The molecule has 0 aliphatic carbocycles. The Morgan fingerprint density at radius 1 is 1.42 bits per heavy atom. The Labute approximate surface area is 117 Å². The van der Waals surface area contributed by atoms with Gasteiger partial charge in [0, 0.05) is 5.69 Å². The average Bonchev–Trinajstić information content (AvgIpc) is 2.39. The number of benzene rings is 1. The highest BCUT2D eigenvalue weighted by Gasteiger charge is 2.18. The summed E-state index contributed by atoms with van der Waals surface area (Å²) in [5.74, 6) is -0.157. The van der Waals surface area contributed by atoms with Crippen molar-refractivity contribution in [3.05, 3.63) is 29.8 Å². The minimum atomic E-state index is -0.284. The molecule has 0 fully saturated rings. The van der Waals surface area contributed by atoms with Gasteiger partial charge in [0.1, 0.15) is 5.25 Å². The number of hydrogen-bond acceptors (Lipinski definition) is 4. The largest absolute Gasteiger partial charge is 0.468 e. The number of aryl methyl sites for hydroxylation is 1. The van der Waals surface area contributed by atoms with E-state index in [1.54, 1.807) is 0 Å². The number of hydrogen-bond donors (Lipinski definition) is 1. The maximum absolute atomic E-state index is 11.8. The molecule has 4 nitrogen and oxygen atoms in total. The number of nitrogens with one attached hydrogen (secondary N) is 1. The molecule has 1 aromatic rings. The highest BCUT2D eigenvalue weighted by molar-refractivity contribution is 8.01. The van der Waals surface area contributed by atoms with Crippen LogP contribution >= 0.6 is 11.8 Å². The number of esters is 1. The van der Waals surface area contributed by atoms with E-state index in [2.05, 4.69) is 10.1 Å². The normalized spacial score (nSPS) is 11.7. The van der Waals surface area contributed by atoms with Crippen molar-refractivity contribution in [1.82, 2.24) is 0 Å². The van der Waals surface area contributed by atoms with Crippen LogP contribution in [0.3, 0.4) is 0 Å². The lowest BCUT2D eigenvalue weighted by molar-refractivity contribution is -0.140. The SMILES string of the molecule is CCC(SCC(=O)Nc1cccc(C)c1)C(=O)OC. The van der Waals surface area contributed by atoms with Crippen LogP contribution in [0.25, 0.3) is 0 Å². The molecule has 1 atom stereocenters. The van der Waals surface area contributed by atoms with Crippen molar-refractivity contribution in [3.63, 3.8) is 0 Å². The first kappa shape index (κ1) is 15.6. The maximum Gasteiger partial charge on any atom is 0.318 e. The number of amides is 1. The zero-order valence-electron chi connectivity index (χ0n) is 11.4. The first-order valence-electron chi connectivity index (χ1n) is 6.12. The average molecular weight is 281 g/mol. The van der Waals surface area contributed by atoms with Crippen molar-refractivity contribution >= 4 is 29.3 Å². The van der Waals surface area contributed by atoms with Gasteiger partial charge in [-0.2, -0.15) is 0 Å². The summed E-state index contributed by atoms with van der Waals surface area (Å²) < 4.78 is 4.68. The summed E-state index contributed by atoms with van der Waals surface area (Å²) in [6, 6.07) is 7.60. The number of thioether (sulfide) groups is 1. The van der Waals surface area contributed by atoms with Crippen LogP contribution in [0.5, 0.6) is 0 Å². The summed E-state index contributed by atoms with van der Waals surface area (Å²) in [6.45, 7) is 3.86. The number of anilines is 1. The van der Waals surface area contributed by atoms with E-state index in [1.807, 2.05) is 38.1 Å². The summed E-state index contributed by atoms with van der Waals surface area (Å²) in [7, 11) is 1.36. The van der Waals surface area contributed by atoms with E-state index < -0.39 is 0 Å². The maximum atomic E-state index is 11.8. The molecule has 1 amide bonds. The van der Waals surface area contributed by atoms with E-state index >= 15 is 0 Å². The predicted molar refractivity (Wildman–Crippen MR) is 78.4 cm³/mol. The van der Waals surface area contributed by atoms with E-state index in [0.717, 1.165) is 11.3 Å². The molecular weight excluding hydrogens is 262 g/mol. The number of carbonyl (C=O) groups excluding carboxylic acids is 2. The predicted octanol–water partition coefficient (Wildman–Crippen LogP) is 2.62. The minimum absolute atomic E-state index is 0.113. The molecule has 19 heavy (non-hydrogen) atoms. The van der Waals surface area contributed by atoms with Crippen LogP contribution in [0.2, 0.25) is 0 Å². The molecule has 1 N–H and O–H groups in total. The standard InChI is InChI=1S/C14H19NO3S/c1-4-12(14(17)18-3)19-9-13(16)15-11-7-5-6-10(2)8-11/h5-8,12H,4,9H2,1-3H3,(H,15,16). The van der Waals surface area contributed by atoms with Gasteiger partial charge in [-0.15, -0.1) is 11.8 Å². The van der Waals surface area contributed by atoms with Crippen molar-refractivity contribution < 1.29 is 14.3 Å². The van der Waals surface area contributed by atoms with Crippen molar-refractivity contribution in [2.45, 2.75) is 25.5 Å². The van der Waals surface area contributed by atoms with Crippen LogP contribution in [0.15, 0.2) is 24.3 Å². The summed E-state index contributed by atoms with van der Waals surface area (Å²) in [4.78, 5) is 23.2. The third-order valence-corrected chi connectivity index (χ3v) is 3.91. The fourth-order valence-corrected chi connectivity index (χ4v) is 2.47. The molecule has 0 heterocycles. The fraction of sp³-hybridized carbons (Fsp3) is 0.429. The van der Waals surface area contributed by atoms with Gasteiger partial charge in [-0.3, -0.25) is 9.59 Å². The van der Waals surface area contributed by atoms with Gasteiger partial charge in [0.25, 0.3) is 0 Å². The molecule has 104 valence electrons. The number of carbonyl (C=O) groups is 2. The lowest BCUT2D eigenvalue weighted by atomic mass is 10.2. The van der Waals surface area contributed by atoms with Gasteiger partial charge in [0.2, 0.25) is 5.91 Å². The molecule has 1 aromatic carbocycles. The Hall–Kier alpha value is -1.49. The highest BCUT2D eigenvalue weighted by atomic mass is 32.2. The van der Waals surface area contributed by atoms with Gasteiger partial charge < -0.3 is 10.1 Å². The van der Waals surface area contributed by atoms with E-state index in [1.165, 1.54) is 18.9 Å². The molecule has 5 heteroatoms. The molecule has 0 saturated carbocycles. The molecule has 1 rings (SSSR count). The van der Waals surface area contributed by atoms with Crippen molar-refractivity contribution in [2.24, 2.45) is 0 Å². The van der Waals surface area contributed by atoms with E-state index in [9.17, 15) is 9.59 Å². The van der Waals surface area contributed by atoms with Crippen molar-refractivity contribution in [3.8, 4) is 0 Å². The Balaban J connectivity index is 2.45. The first-order chi connectivity index (χ1) is 9.06. The monoisotopic (exact) mass is 281 g/mol. The molecule has 0 aromatic heterocycles. The summed E-state index contributed by atoms with van der Waals surface area (Å²) >= 11 is 1.30. The van der Waals surface area contributed by atoms with Gasteiger partial charge in [-0.25, -0.2) is 0 Å². The Morgan fingerprint density at radius 2 is 2.16 bits per heavy atom. The second-order valence-electron chi connectivity index (χ2n) is 4.15. The van der Waals surface area contributed by atoms with Crippen LogP contribution < -0.4 is 5.32 Å². The van der Waals surface area contributed by atoms with E-state index in [0.29, 0.717) is 6.42 Å². The number of methoxy groups -OCH3 is 1. The number of ether oxygens (including phenoxy) is 1. The minimum Gasteiger partial charge on any atom is -0.468 e. The van der Waals surface area contributed by atoms with E-state index in [-0.39, 0.29) is 22.9 Å². The molecule has 1 unspecified atom stereocenters. The second kappa shape index (κ2) is 7.84. The van der Waals surface area contributed by atoms with Crippen LogP contribution in [0.4, 0.5) is 5.69 Å². The van der Waals surface area contributed by atoms with Gasteiger partial charge in [-0.05, 0) is 31.0 Å². The molecule has 0 spiro atoms. The van der Waals surface area contributed by atoms with Gasteiger partial charge in [-0.1, -0.05) is 19.1 Å². The Bertz CT molecular complexity index is 448.